The summed E-state index contributed by atoms with van der Waals surface area (Å²) < 4.78 is 16.2. The molecule has 2 saturated carbocycles. The minimum atomic E-state index is -0.450. The lowest BCUT2D eigenvalue weighted by Crippen LogP contribution is -2.26. The summed E-state index contributed by atoms with van der Waals surface area (Å²) in [5.41, 5.74) is 1.54. The van der Waals surface area contributed by atoms with E-state index in [1.807, 2.05) is 18.2 Å². The number of aliphatic hydroxyl groups excluding tert-OH is 1. The number of carbonyl (C=O) groups is 3. The van der Waals surface area contributed by atoms with Crippen LogP contribution in [0.3, 0.4) is 0 Å². The van der Waals surface area contributed by atoms with Crippen molar-refractivity contribution in [3.63, 3.8) is 0 Å². The fourth-order valence-electron chi connectivity index (χ4n) is 5.23. The number of esters is 3. The number of hydrogen-bond acceptors (Lipinski definition) is 7. The second-order valence-corrected chi connectivity index (χ2v) is 10.8. The van der Waals surface area contributed by atoms with Gasteiger partial charge in [-0.1, -0.05) is 66.2 Å². The molecule has 1 N–H and O–H groups in total. The van der Waals surface area contributed by atoms with E-state index in [0.29, 0.717) is 42.4 Å². The van der Waals surface area contributed by atoms with E-state index in [4.69, 9.17) is 29.9 Å². The van der Waals surface area contributed by atoms with E-state index in [0.717, 1.165) is 0 Å². The third-order valence-electron chi connectivity index (χ3n) is 7.50. The van der Waals surface area contributed by atoms with Crippen LogP contribution in [0.4, 0.5) is 0 Å². The zero-order valence-corrected chi connectivity index (χ0v) is 23.4. The van der Waals surface area contributed by atoms with Crippen LogP contribution in [-0.2, 0) is 14.2 Å². The van der Waals surface area contributed by atoms with Crippen molar-refractivity contribution >= 4 is 33.6 Å². The van der Waals surface area contributed by atoms with Crippen LogP contribution in [0.2, 0.25) is 11.6 Å². The third kappa shape index (κ3) is 9.08. The summed E-state index contributed by atoms with van der Waals surface area (Å²) in [7, 11) is 11.7. The molecule has 0 aromatic heterocycles. The highest BCUT2D eigenvalue weighted by atomic mass is 16.6. The Kier molecular flexibility index (Phi) is 11.4. The maximum Gasteiger partial charge on any atom is 0.338 e. The van der Waals surface area contributed by atoms with Crippen molar-refractivity contribution in [3.8, 4) is 0 Å². The minimum absolute atomic E-state index is 0.0189. The summed E-state index contributed by atoms with van der Waals surface area (Å²) in [6.07, 6.45) is 1.75. The molecular weight excluding hydrogens is 530 g/mol. The molecule has 7 nitrogen and oxygen atoms in total. The Hall–Kier alpha value is -3.84. The first-order chi connectivity index (χ1) is 20.3. The highest BCUT2D eigenvalue weighted by Gasteiger charge is 2.36. The zero-order chi connectivity index (χ0) is 29.9. The van der Waals surface area contributed by atoms with Gasteiger partial charge in [-0.25, -0.2) is 14.4 Å². The lowest BCUT2D eigenvalue weighted by atomic mass is 9.85. The first-order valence-corrected chi connectivity index (χ1v) is 14.2. The summed E-state index contributed by atoms with van der Waals surface area (Å²) in [5.74, 6) is -1.26. The molecule has 5 rings (SSSR count). The molecule has 2 aliphatic rings. The quantitative estimate of drug-likeness (QED) is 0.234. The Morgan fingerprint density at radius 3 is 1.45 bits per heavy atom. The number of aliphatic hydroxyl groups is 1. The van der Waals surface area contributed by atoms with Crippen LogP contribution in [0.15, 0.2) is 91.0 Å². The van der Waals surface area contributed by atoms with Crippen LogP contribution in [0.1, 0.15) is 56.8 Å². The molecule has 0 saturated heterocycles. The molecule has 0 bridgehead atoms. The molecule has 9 heteroatoms. The Labute approximate surface area is 249 Å². The van der Waals surface area contributed by atoms with E-state index in [9.17, 15) is 19.5 Å². The van der Waals surface area contributed by atoms with Crippen LogP contribution < -0.4 is 0 Å². The van der Waals surface area contributed by atoms with Crippen molar-refractivity contribution in [2.45, 2.75) is 49.5 Å². The molecule has 0 aliphatic heterocycles. The molecule has 214 valence electrons. The summed E-state index contributed by atoms with van der Waals surface area (Å²) in [6.45, 7) is 0.427. The molecular formula is C33H34B2O7. The normalized spacial score (nSPS) is 24.6. The van der Waals surface area contributed by atoms with E-state index in [1.165, 1.54) is 0 Å². The van der Waals surface area contributed by atoms with Gasteiger partial charge in [0.25, 0.3) is 0 Å². The van der Waals surface area contributed by atoms with Gasteiger partial charge in [0.15, 0.2) is 0 Å². The maximum atomic E-state index is 12.2. The monoisotopic (exact) mass is 564 g/mol. The van der Waals surface area contributed by atoms with Crippen molar-refractivity contribution in [3.05, 3.63) is 108 Å². The Balaban J connectivity index is 0.000000208. The Morgan fingerprint density at radius 2 is 1.00 bits per heavy atom. The molecule has 3 aromatic rings. The molecule has 6 unspecified atom stereocenters. The van der Waals surface area contributed by atoms with Crippen molar-refractivity contribution in [2.75, 3.05) is 13.2 Å². The average molecular weight is 564 g/mol. The molecule has 0 heterocycles. The Morgan fingerprint density at radius 1 is 0.595 bits per heavy atom. The third-order valence-corrected chi connectivity index (χ3v) is 7.50. The zero-order valence-electron chi connectivity index (χ0n) is 23.4. The maximum absolute atomic E-state index is 12.2. The van der Waals surface area contributed by atoms with Crippen LogP contribution in [-0.4, -0.2) is 64.1 Å². The van der Waals surface area contributed by atoms with E-state index >= 15 is 0 Å². The summed E-state index contributed by atoms with van der Waals surface area (Å²) in [4.78, 5) is 36.0. The first-order valence-electron chi connectivity index (χ1n) is 14.2. The van der Waals surface area contributed by atoms with Crippen molar-refractivity contribution < 1.29 is 33.7 Å². The molecule has 0 amide bonds. The number of carbonyl (C=O) groups excluding carboxylic acids is 3. The van der Waals surface area contributed by atoms with Crippen LogP contribution in [0.25, 0.3) is 0 Å². The van der Waals surface area contributed by atoms with Gasteiger partial charge in [-0.05, 0) is 62.1 Å². The number of ether oxygens (including phenoxy) is 3. The summed E-state index contributed by atoms with van der Waals surface area (Å²) in [5, 5.41) is 9.67. The topological polar surface area (TPSA) is 99.1 Å². The highest BCUT2D eigenvalue weighted by Crippen LogP contribution is 2.36. The lowest BCUT2D eigenvalue weighted by Gasteiger charge is -2.20. The van der Waals surface area contributed by atoms with Crippen LogP contribution in [0.5, 0.6) is 0 Å². The molecule has 2 fully saturated rings. The smallest absolute Gasteiger partial charge is 0.338 e. The molecule has 4 radical (unpaired) electrons. The van der Waals surface area contributed by atoms with E-state index < -0.39 is 6.10 Å². The van der Waals surface area contributed by atoms with Gasteiger partial charge >= 0.3 is 17.9 Å². The number of rotatable bonds is 8. The highest BCUT2D eigenvalue weighted by molar-refractivity contribution is 6.12. The fraction of sp³-hybridized carbons (Fsp3) is 0.364. The second kappa shape index (κ2) is 15.4. The van der Waals surface area contributed by atoms with Crippen molar-refractivity contribution in [2.24, 2.45) is 11.8 Å². The molecule has 2 aliphatic carbocycles. The van der Waals surface area contributed by atoms with Gasteiger partial charge in [-0.2, -0.15) is 0 Å². The fourth-order valence-corrected chi connectivity index (χ4v) is 5.23. The van der Waals surface area contributed by atoms with E-state index in [-0.39, 0.29) is 60.7 Å². The van der Waals surface area contributed by atoms with Gasteiger partial charge < -0.3 is 19.3 Å². The van der Waals surface area contributed by atoms with Gasteiger partial charge in [0.1, 0.15) is 6.10 Å². The van der Waals surface area contributed by atoms with Crippen molar-refractivity contribution in [1.82, 2.24) is 0 Å². The van der Waals surface area contributed by atoms with E-state index in [1.54, 1.807) is 72.8 Å². The van der Waals surface area contributed by atoms with Gasteiger partial charge in [-0.15, -0.1) is 0 Å². The largest absolute Gasteiger partial charge is 0.462 e. The molecule has 0 spiro atoms. The predicted octanol–water partition coefficient (Wildman–Crippen LogP) is 5.01. The SMILES string of the molecule is [B]C1CC(COC(=O)c2ccccc2)C(OC(=O)c2ccccc2)C1.[B]C1CC(O)C(COC(=O)c2ccccc2)C1. The lowest BCUT2D eigenvalue weighted by molar-refractivity contribution is 0.00483. The number of benzene rings is 3. The molecule has 6 atom stereocenters. The average Bonchev–Trinajstić information content (AvgIpc) is 3.54. The van der Waals surface area contributed by atoms with Gasteiger partial charge in [0, 0.05) is 11.8 Å². The summed E-state index contributed by atoms with van der Waals surface area (Å²) >= 11 is 0. The Bertz CT molecular complexity index is 1290. The minimum Gasteiger partial charge on any atom is -0.462 e. The summed E-state index contributed by atoms with van der Waals surface area (Å²) in [6, 6.07) is 26.5. The predicted molar refractivity (Wildman–Crippen MR) is 160 cm³/mol. The first kappa shape index (κ1) is 31.1. The molecule has 42 heavy (non-hydrogen) atoms. The van der Waals surface area contributed by atoms with Crippen LogP contribution in [0, 0.1) is 11.8 Å². The molecule has 3 aromatic carbocycles. The van der Waals surface area contributed by atoms with Gasteiger partial charge in [0.05, 0.1) is 51.7 Å². The van der Waals surface area contributed by atoms with Crippen molar-refractivity contribution in [1.29, 1.82) is 0 Å². The van der Waals surface area contributed by atoms with Gasteiger partial charge in [0.2, 0.25) is 0 Å². The second-order valence-electron chi connectivity index (χ2n) is 10.8. The number of hydrogen-bond donors (Lipinski definition) is 1. The van der Waals surface area contributed by atoms with Gasteiger partial charge in [-0.3, -0.25) is 0 Å². The standard InChI is InChI=1S/C20H19BO4.C13H15BO3/c21-17-11-16(13-24-19(22)14-7-3-1-4-8-14)18(12-17)25-20(23)15-9-5-2-6-10-15;14-11-6-10(12(15)7-11)8-17-13(16)9-4-2-1-3-5-9/h1-10,16-18H,11-13H2;1-5,10-12,15H,6-8H2. The van der Waals surface area contributed by atoms with E-state index in [2.05, 4.69) is 0 Å². The van der Waals surface area contributed by atoms with Crippen LogP contribution >= 0.6 is 0 Å².